The third-order valence-corrected chi connectivity index (χ3v) is 4.07. The minimum absolute atomic E-state index is 0.140. The second kappa shape index (κ2) is 6.55. The summed E-state index contributed by atoms with van der Waals surface area (Å²) in [5, 5.41) is 2.69. The molecule has 0 spiro atoms. The van der Waals surface area contributed by atoms with E-state index in [4.69, 9.17) is 5.73 Å². The third-order valence-electron chi connectivity index (χ3n) is 4.07. The monoisotopic (exact) mass is 275 g/mol. The van der Waals surface area contributed by atoms with Gasteiger partial charge in [-0.2, -0.15) is 0 Å². The average molecular weight is 275 g/mol. The molecule has 1 atom stereocenters. The van der Waals surface area contributed by atoms with Crippen molar-refractivity contribution in [2.75, 3.05) is 0 Å². The van der Waals surface area contributed by atoms with E-state index in [9.17, 15) is 0 Å². The van der Waals surface area contributed by atoms with Crippen LogP contribution in [0.15, 0.2) is 72.8 Å². The highest BCUT2D eigenvalue weighted by molar-refractivity contribution is 5.85. The maximum absolute atomic E-state index is 6.27. The lowest BCUT2D eigenvalue weighted by Gasteiger charge is -2.12. The molecule has 0 radical (unpaired) electrons. The predicted octanol–water partition coefficient (Wildman–Crippen LogP) is 4.86. The Morgan fingerprint density at radius 2 is 1.48 bits per heavy atom. The topological polar surface area (TPSA) is 26.0 Å². The zero-order chi connectivity index (χ0) is 14.5. The molecule has 2 N–H and O–H groups in total. The van der Waals surface area contributed by atoms with Crippen LogP contribution in [0.25, 0.3) is 10.8 Å². The normalized spacial score (nSPS) is 12.4. The van der Waals surface area contributed by atoms with Gasteiger partial charge in [0, 0.05) is 6.04 Å². The number of nitrogens with two attached hydrogens (primary N) is 1. The Balaban J connectivity index is 1.65. The molecule has 3 aromatic rings. The SMILES string of the molecule is NC(CCCc1cccc2ccccc12)c1ccccc1. The van der Waals surface area contributed by atoms with E-state index in [1.165, 1.54) is 21.9 Å². The lowest BCUT2D eigenvalue weighted by Crippen LogP contribution is -2.10. The molecule has 0 saturated heterocycles. The van der Waals surface area contributed by atoms with Crippen molar-refractivity contribution in [1.82, 2.24) is 0 Å². The number of fused-ring (bicyclic) bond motifs is 1. The van der Waals surface area contributed by atoms with E-state index in [1.807, 2.05) is 6.07 Å². The predicted molar refractivity (Wildman–Crippen MR) is 90.3 cm³/mol. The van der Waals surface area contributed by atoms with Gasteiger partial charge < -0.3 is 5.73 Å². The first-order valence-electron chi connectivity index (χ1n) is 7.62. The molecular formula is C20H21N. The highest BCUT2D eigenvalue weighted by Gasteiger charge is 2.06. The minimum atomic E-state index is 0.140. The third kappa shape index (κ3) is 3.32. The van der Waals surface area contributed by atoms with E-state index in [2.05, 4.69) is 66.7 Å². The summed E-state index contributed by atoms with van der Waals surface area (Å²) in [5.74, 6) is 0. The highest BCUT2D eigenvalue weighted by atomic mass is 14.6. The Morgan fingerprint density at radius 1 is 0.762 bits per heavy atom. The van der Waals surface area contributed by atoms with Crippen LogP contribution in [0.3, 0.4) is 0 Å². The van der Waals surface area contributed by atoms with Crippen molar-refractivity contribution >= 4 is 10.8 Å². The summed E-state index contributed by atoms with van der Waals surface area (Å²) in [7, 11) is 0. The zero-order valence-electron chi connectivity index (χ0n) is 12.2. The molecule has 0 aliphatic heterocycles. The lowest BCUT2D eigenvalue weighted by atomic mass is 9.97. The van der Waals surface area contributed by atoms with E-state index in [0.717, 1.165) is 19.3 Å². The Hall–Kier alpha value is -2.12. The lowest BCUT2D eigenvalue weighted by molar-refractivity contribution is 0.612. The first-order chi connectivity index (χ1) is 10.3. The van der Waals surface area contributed by atoms with Crippen LogP contribution >= 0.6 is 0 Å². The summed E-state index contributed by atoms with van der Waals surface area (Å²) in [6, 6.07) is 25.7. The quantitative estimate of drug-likeness (QED) is 0.707. The largest absolute Gasteiger partial charge is 0.324 e. The second-order valence-corrected chi connectivity index (χ2v) is 5.55. The van der Waals surface area contributed by atoms with Gasteiger partial charge in [-0.05, 0) is 41.2 Å². The molecule has 106 valence electrons. The average Bonchev–Trinajstić information content (AvgIpc) is 2.56. The van der Waals surface area contributed by atoms with E-state index in [-0.39, 0.29) is 6.04 Å². The van der Waals surface area contributed by atoms with E-state index in [1.54, 1.807) is 0 Å². The molecule has 21 heavy (non-hydrogen) atoms. The van der Waals surface area contributed by atoms with Gasteiger partial charge in [0.25, 0.3) is 0 Å². The fraction of sp³-hybridized carbons (Fsp3) is 0.200. The molecule has 3 rings (SSSR count). The van der Waals surface area contributed by atoms with Crippen molar-refractivity contribution in [2.45, 2.75) is 25.3 Å². The molecule has 0 aromatic heterocycles. The van der Waals surface area contributed by atoms with E-state index < -0.39 is 0 Å². The van der Waals surface area contributed by atoms with Crippen LogP contribution in [0, 0.1) is 0 Å². The molecule has 0 heterocycles. The van der Waals surface area contributed by atoms with Crippen LogP contribution in [-0.4, -0.2) is 0 Å². The van der Waals surface area contributed by atoms with Crippen LogP contribution in [0.2, 0.25) is 0 Å². The van der Waals surface area contributed by atoms with Crippen molar-refractivity contribution in [3.63, 3.8) is 0 Å². The maximum atomic E-state index is 6.27. The molecule has 0 bridgehead atoms. The Labute approximate surface area is 126 Å². The van der Waals surface area contributed by atoms with Gasteiger partial charge in [0.15, 0.2) is 0 Å². The molecule has 0 fully saturated rings. The molecule has 0 aliphatic rings. The van der Waals surface area contributed by atoms with Crippen LogP contribution in [0.1, 0.15) is 30.0 Å². The Bertz CT molecular complexity index is 698. The van der Waals surface area contributed by atoms with Gasteiger partial charge in [0.1, 0.15) is 0 Å². The van der Waals surface area contributed by atoms with Crippen LogP contribution in [0.5, 0.6) is 0 Å². The van der Waals surface area contributed by atoms with Crippen LogP contribution < -0.4 is 5.73 Å². The first-order valence-corrected chi connectivity index (χ1v) is 7.62. The molecule has 0 aliphatic carbocycles. The maximum Gasteiger partial charge on any atom is 0.0294 e. The van der Waals surface area contributed by atoms with Crippen LogP contribution in [-0.2, 0) is 6.42 Å². The summed E-state index contributed by atoms with van der Waals surface area (Å²) in [4.78, 5) is 0. The molecule has 1 nitrogen and oxygen atoms in total. The van der Waals surface area contributed by atoms with Gasteiger partial charge in [-0.3, -0.25) is 0 Å². The number of hydrogen-bond acceptors (Lipinski definition) is 1. The van der Waals surface area contributed by atoms with Crippen molar-refractivity contribution in [3.05, 3.63) is 83.9 Å². The van der Waals surface area contributed by atoms with Crippen molar-refractivity contribution < 1.29 is 0 Å². The fourth-order valence-corrected chi connectivity index (χ4v) is 2.89. The van der Waals surface area contributed by atoms with Crippen LogP contribution in [0.4, 0.5) is 0 Å². The smallest absolute Gasteiger partial charge is 0.0294 e. The minimum Gasteiger partial charge on any atom is -0.324 e. The summed E-state index contributed by atoms with van der Waals surface area (Å²) >= 11 is 0. The van der Waals surface area contributed by atoms with Gasteiger partial charge in [-0.15, -0.1) is 0 Å². The van der Waals surface area contributed by atoms with E-state index >= 15 is 0 Å². The molecule has 0 saturated carbocycles. The van der Waals surface area contributed by atoms with Gasteiger partial charge in [-0.25, -0.2) is 0 Å². The highest BCUT2D eigenvalue weighted by Crippen LogP contribution is 2.22. The van der Waals surface area contributed by atoms with Gasteiger partial charge in [0.05, 0.1) is 0 Å². The van der Waals surface area contributed by atoms with E-state index in [0.29, 0.717) is 0 Å². The Kier molecular flexibility index (Phi) is 4.32. The molecule has 1 unspecified atom stereocenters. The van der Waals surface area contributed by atoms with Gasteiger partial charge in [-0.1, -0.05) is 72.8 Å². The fourth-order valence-electron chi connectivity index (χ4n) is 2.89. The summed E-state index contributed by atoms with van der Waals surface area (Å²) in [5.41, 5.74) is 8.93. The Morgan fingerprint density at radius 3 is 2.33 bits per heavy atom. The zero-order valence-corrected chi connectivity index (χ0v) is 12.2. The number of aryl methyl sites for hydroxylation is 1. The second-order valence-electron chi connectivity index (χ2n) is 5.55. The standard InChI is InChI=1S/C20H21N/c21-20(18-9-2-1-3-10-18)15-7-13-17-12-6-11-16-8-4-5-14-19(16)17/h1-6,8-12,14,20H,7,13,15,21H2. The molecular weight excluding hydrogens is 254 g/mol. The summed E-state index contributed by atoms with van der Waals surface area (Å²) in [6.07, 6.45) is 3.22. The number of hydrogen-bond donors (Lipinski definition) is 1. The van der Waals surface area contributed by atoms with Gasteiger partial charge >= 0.3 is 0 Å². The van der Waals surface area contributed by atoms with Crippen molar-refractivity contribution in [1.29, 1.82) is 0 Å². The molecule has 1 heteroatoms. The van der Waals surface area contributed by atoms with Gasteiger partial charge in [0.2, 0.25) is 0 Å². The number of rotatable bonds is 5. The first kappa shape index (κ1) is 13.8. The summed E-state index contributed by atoms with van der Waals surface area (Å²) in [6.45, 7) is 0. The van der Waals surface area contributed by atoms with Crippen molar-refractivity contribution in [3.8, 4) is 0 Å². The molecule has 3 aromatic carbocycles. The summed E-state index contributed by atoms with van der Waals surface area (Å²) < 4.78 is 0. The molecule has 0 amide bonds. The van der Waals surface area contributed by atoms with Crippen molar-refractivity contribution in [2.24, 2.45) is 5.73 Å². The number of benzene rings is 3.